The molecule has 110 valence electrons. The number of para-hydroxylation sites is 1. The van der Waals surface area contributed by atoms with Crippen molar-refractivity contribution >= 4 is 5.91 Å². The largest absolute Gasteiger partial charge is 0.493 e. The second kappa shape index (κ2) is 7.29. The fourth-order valence-electron chi connectivity index (χ4n) is 2.26. The lowest BCUT2D eigenvalue weighted by molar-refractivity contribution is -0.122. The van der Waals surface area contributed by atoms with Gasteiger partial charge in [-0.25, -0.2) is 0 Å². The molecular weight excluding hydrogens is 252 g/mol. The van der Waals surface area contributed by atoms with E-state index in [1.165, 1.54) is 0 Å². The van der Waals surface area contributed by atoms with Gasteiger partial charge in [0.05, 0.1) is 12.6 Å². The zero-order valence-electron chi connectivity index (χ0n) is 12.3. The number of rotatable bonds is 6. The Balaban J connectivity index is 1.89. The third kappa shape index (κ3) is 4.23. The molecule has 20 heavy (non-hydrogen) atoms. The van der Waals surface area contributed by atoms with E-state index in [1.54, 1.807) is 0 Å². The van der Waals surface area contributed by atoms with E-state index in [-0.39, 0.29) is 11.9 Å². The first-order valence-corrected chi connectivity index (χ1v) is 7.38. The lowest BCUT2D eigenvalue weighted by atomic mass is 10.1. The molecule has 1 unspecified atom stereocenters. The number of hydrogen-bond acceptors (Lipinski definition) is 3. The van der Waals surface area contributed by atoms with E-state index in [0.29, 0.717) is 19.1 Å². The van der Waals surface area contributed by atoms with Crippen molar-refractivity contribution in [3.05, 3.63) is 29.8 Å². The molecule has 0 spiro atoms. The Morgan fingerprint density at radius 1 is 1.45 bits per heavy atom. The summed E-state index contributed by atoms with van der Waals surface area (Å²) in [6.07, 6.45) is 2.00. The van der Waals surface area contributed by atoms with Crippen molar-refractivity contribution in [3.8, 4) is 5.75 Å². The molecule has 2 N–H and O–H groups in total. The first-order valence-electron chi connectivity index (χ1n) is 7.38. The topological polar surface area (TPSA) is 50.4 Å². The van der Waals surface area contributed by atoms with Gasteiger partial charge in [-0.1, -0.05) is 32.0 Å². The molecule has 0 aliphatic carbocycles. The monoisotopic (exact) mass is 276 g/mol. The second-order valence-corrected chi connectivity index (χ2v) is 5.68. The van der Waals surface area contributed by atoms with Gasteiger partial charge >= 0.3 is 0 Å². The third-order valence-electron chi connectivity index (χ3n) is 3.37. The first kappa shape index (κ1) is 14.9. The Hall–Kier alpha value is -1.55. The number of benzene rings is 1. The predicted octanol–water partition coefficient (Wildman–Crippen LogP) is 2.09. The van der Waals surface area contributed by atoms with E-state index >= 15 is 0 Å². The van der Waals surface area contributed by atoms with Crippen molar-refractivity contribution in [3.63, 3.8) is 0 Å². The van der Waals surface area contributed by atoms with Crippen LogP contribution in [0.15, 0.2) is 24.3 Å². The molecule has 1 saturated heterocycles. The number of hydrogen-bond donors (Lipinski definition) is 2. The summed E-state index contributed by atoms with van der Waals surface area (Å²) in [5.41, 5.74) is 1.03. The summed E-state index contributed by atoms with van der Waals surface area (Å²) in [6, 6.07) is 7.85. The number of carbonyl (C=O) groups is 1. The van der Waals surface area contributed by atoms with Crippen LogP contribution < -0.4 is 15.4 Å². The molecule has 1 fully saturated rings. The van der Waals surface area contributed by atoms with Crippen LogP contribution >= 0.6 is 0 Å². The molecule has 0 aromatic heterocycles. The minimum absolute atomic E-state index is 0.0289. The summed E-state index contributed by atoms with van der Waals surface area (Å²) < 4.78 is 5.79. The Morgan fingerprint density at radius 3 is 2.95 bits per heavy atom. The van der Waals surface area contributed by atoms with Gasteiger partial charge in [0.2, 0.25) is 5.91 Å². The van der Waals surface area contributed by atoms with Gasteiger partial charge in [-0.3, -0.25) is 4.79 Å². The minimum atomic E-state index is -0.0289. The Morgan fingerprint density at radius 2 is 2.25 bits per heavy atom. The van der Waals surface area contributed by atoms with Crippen LogP contribution in [0.4, 0.5) is 0 Å². The smallest absolute Gasteiger partial charge is 0.237 e. The van der Waals surface area contributed by atoms with Gasteiger partial charge in [0.25, 0.3) is 0 Å². The summed E-state index contributed by atoms with van der Waals surface area (Å²) >= 11 is 0. The Labute approximate surface area is 120 Å². The molecule has 0 bridgehead atoms. The molecule has 1 heterocycles. The summed E-state index contributed by atoms with van der Waals surface area (Å²) in [4.78, 5) is 12.0. The zero-order valence-corrected chi connectivity index (χ0v) is 12.3. The molecule has 2 rings (SSSR count). The van der Waals surface area contributed by atoms with Gasteiger partial charge in [0, 0.05) is 12.1 Å². The average Bonchev–Trinajstić information content (AvgIpc) is 2.97. The molecule has 0 radical (unpaired) electrons. The standard InChI is InChI=1S/C16H24N2O2/c1-12(2)11-20-15-8-4-3-6-13(15)10-18-16(19)14-7-5-9-17-14/h3-4,6,8,12,14,17H,5,7,9-11H2,1-2H3,(H,18,19). The number of carbonyl (C=O) groups excluding carboxylic acids is 1. The molecule has 1 aliphatic heterocycles. The molecule has 1 aromatic carbocycles. The highest BCUT2D eigenvalue weighted by Crippen LogP contribution is 2.18. The van der Waals surface area contributed by atoms with E-state index in [9.17, 15) is 4.79 Å². The highest BCUT2D eigenvalue weighted by Gasteiger charge is 2.21. The highest BCUT2D eigenvalue weighted by atomic mass is 16.5. The van der Waals surface area contributed by atoms with Crippen LogP contribution in [0.2, 0.25) is 0 Å². The number of amides is 1. The fraction of sp³-hybridized carbons (Fsp3) is 0.562. The van der Waals surface area contributed by atoms with Gasteiger partial charge in [0.1, 0.15) is 5.75 Å². The lowest BCUT2D eigenvalue weighted by Crippen LogP contribution is -2.40. The Bertz CT molecular complexity index is 440. The first-order chi connectivity index (χ1) is 9.66. The van der Waals surface area contributed by atoms with Crippen LogP contribution in [0.3, 0.4) is 0 Å². The quantitative estimate of drug-likeness (QED) is 0.836. The second-order valence-electron chi connectivity index (χ2n) is 5.68. The predicted molar refractivity (Wildman–Crippen MR) is 79.6 cm³/mol. The van der Waals surface area contributed by atoms with Crippen LogP contribution in [0.1, 0.15) is 32.3 Å². The maximum Gasteiger partial charge on any atom is 0.237 e. The molecule has 1 atom stereocenters. The van der Waals surface area contributed by atoms with E-state index in [2.05, 4.69) is 24.5 Å². The van der Waals surface area contributed by atoms with Crippen LogP contribution in [-0.2, 0) is 11.3 Å². The number of ether oxygens (including phenoxy) is 1. The average molecular weight is 276 g/mol. The van der Waals surface area contributed by atoms with Crippen molar-refractivity contribution in [1.82, 2.24) is 10.6 Å². The molecule has 1 aromatic rings. The summed E-state index contributed by atoms with van der Waals surface area (Å²) in [5, 5.41) is 6.19. The minimum Gasteiger partial charge on any atom is -0.493 e. The van der Waals surface area contributed by atoms with E-state index in [4.69, 9.17) is 4.74 Å². The lowest BCUT2D eigenvalue weighted by Gasteiger charge is -2.15. The van der Waals surface area contributed by atoms with Crippen molar-refractivity contribution < 1.29 is 9.53 Å². The van der Waals surface area contributed by atoms with E-state index in [1.807, 2.05) is 24.3 Å². The molecule has 4 nitrogen and oxygen atoms in total. The molecule has 1 aliphatic rings. The molecule has 4 heteroatoms. The van der Waals surface area contributed by atoms with Crippen LogP contribution in [0.25, 0.3) is 0 Å². The maximum absolute atomic E-state index is 12.0. The highest BCUT2D eigenvalue weighted by molar-refractivity contribution is 5.82. The van der Waals surface area contributed by atoms with Gasteiger partial charge in [0.15, 0.2) is 0 Å². The van der Waals surface area contributed by atoms with E-state index in [0.717, 1.165) is 30.7 Å². The third-order valence-corrected chi connectivity index (χ3v) is 3.37. The van der Waals surface area contributed by atoms with Crippen molar-refractivity contribution in [2.75, 3.05) is 13.2 Å². The molecular formula is C16H24N2O2. The summed E-state index contributed by atoms with van der Waals surface area (Å²) in [6.45, 7) is 6.39. The normalized spacial score (nSPS) is 18.2. The summed E-state index contributed by atoms with van der Waals surface area (Å²) in [7, 11) is 0. The van der Waals surface area contributed by atoms with Crippen LogP contribution in [-0.4, -0.2) is 25.1 Å². The zero-order chi connectivity index (χ0) is 14.4. The van der Waals surface area contributed by atoms with Gasteiger partial charge < -0.3 is 15.4 Å². The van der Waals surface area contributed by atoms with Gasteiger partial charge in [-0.2, -0.15) is 0 Å². The van der Waals surface area contributed by atoms with E-state index < -0.39 is 0 Å². The number of nitrogens with one attached hydrogen (secondary N) is 2. The van der Waals surface area contributed by atoms with Gasteiger partial charge in [-0.05, 0) is 31.4 Å². The molecule has 0 saturated carbocycles. The SMILES string of the molecule is CC(C)COc1ccccc1CNC(=O)C1CCCN1. The fourth-order valence-corrected chi connectivity index (χ4v) is 2.26. The molecule has 1 amide bonds. The van der Waals surface area contributed by atoms with Gasteiger partial charge in [-0.15, -0.1) is 0 Å². The maximum atomic E-state index is 12.0. The summed E-state index contributed by atoms with van der Waals surface area (Å²) in [5.74, 6) is 1.43. The van der Waals surface area contributed by atoms with Crippen molar-refractivity contribution in [2.24, 2.45) is 5.92 Å². The Kier molecular flexibility index (Phi) is 5.41. The van der Waals surface area contributed by atoms with Crippen LogP contribution in [0, 0.1) is 5.92 Å². The van der Waals surface area contributed by atoms with Crippen molar-refractivity contribution in [2.45, 2.75) is 39.3 Å². The van der Waals surface area contributed by atoms with Crippen molar-refractivity contribution in [1.29, 1.82) is 0 Å². The van der Waals surface area contributed by atoms with Crippen LogP contribution in [0.5, 0.6) is 5.75 Å².